The molecule has 5 aliphatic heterocycles. The highest BCUT2D eigenvalue weighted by Gasteiger charge is 2.57. The van der Waals surface area contributed by atoms with Gasteiger partial charge in [-0.3, -0.25) is 9.59 Å². The van der Waals surface area contributed by atoms with Gasteiger partial charge < -0.3 is 33.9 Å². The molecule has 0 aromatic heterocycles. The van der Waals surface area contributed by atoms with Gasteiger partial charge in [0.05, 0.1) is 30.5 Å². The molecule has 0 aromatic rings. The van der Waals surface area contributed by atoms with Crippen LogP contribution in [0.5, 0.6) is 0 Å². The molecule has 0 amide bonds. The van der Waals surface area contributed by atoms with E-state index in [0.29, 0.717) is 51.0 Å². The summed E-state index contributed by atoms with van der Waals surface area (Å²) in [5.74, 6) is 0.442. The van der Waals surface area contributed by atoms with E-state index in [-0.39, 0.29) is 42.4 Å². The molecule has 2 N–H and O–H groups in total. The molecule has 1 unspecified atom stereocenters. The summed E-state index contributed by atoms with van der Waals surface area (Å²) >= 11 is 0. The van der Waals surface area contributed by atoms with E-state index >= 15 is 0 Å². The van der Waals surface area contributed by atoms with Crippen LogP contribution in [0, 0.1) is 5.92 Å². The Labute approximate surface area is 218 Å². The van der Waals surface area contributed by atoms with Gasteiger partial charge in [-0.2, -0.15) is 0 Å². The van der Waals surface area contributed by atoms with Crippen molar-refractivity contribution in [2.24, 2.45) is 5.92 Å². The molecule has 5 heterocycles. The summed E-state index contributed by atoms with van der Waals surface area (Å²) in [4.78, 5) is 25.2. The van der Waals surface area contributed by atoms with Crippen molar-refractivity contribution in [2.45, 2.75) is 132 Å². The SMILES string of the molecule is C=C1C[C@H](CCC(=O)C[C@H]2O[C@@H]3C(O[C@H]4CC[C@H](CC(=O)C[C@@H]5CCOC5)O[C@@H]4[C@@H]3O)[C@H]2O)O[C@H]1CC. The number of Topliss-reactive ketones (excluding diaryl/α,β-unsaturated/α-hetero) is 2. The zero-order valence-corrected chi connectivity index (χ0v) is 21.8. The van der Waals surface area contributed by atoms with E-state index in [2.05, 4.69) is 13.5 Å². The number of aliphatic hydroxyl groups is 2. The molecular weight excluding hydrogens is 480 g/mol. The first-order chi connectivity index (χ1) is 17.8. The third-order valence-corrected chi connectivity index (χ3v) is 8.71. The Hall–Kier alpha value is -1.20. The minimum atomic E-state index is -0.997. The van der Waals surface area contributed by atoms with Crippen LogP contribution in [0.3, 0.4) is 0 Å². The number of ketones is 2. The van der Waals surface area contributed by atoms with Crippen molar-refractivity contribution >= 4 is 11.6 Å². The Kier molecular flexibility index (Phi) is 8.80. The van der Waals surface area contributed by atoms with Gasteiger partial charge >= 0.3 is 0 Å². The van der Waals surface area contributed by atoms with E-state index in [1.54, 1.807) is 0 Å². The number of ether oxygens (including phenoxy) is 5. The molecule has 208 valence electrons. The van der Waals surface area contributed by atoms with Gasteiger partial charge in [-0.25, -0.2) is 0 Å². The number of hydrogen-bond acceptors (Lipinski definition) is 9. The summed E-state index contributed by atoms with van der Waals surface area (Å²) < 4.78 is 29.6. The van der Waals surface area contributed by atoms with Crippen molar-refractivity contribution in [1.82, 2.24) is 0 Å². The fraction of sp³-hybridized carbons (Fsp3) is 0.857. The van der Waals surface area contributed by atoms with Gasteiger partial charge in [-0.15, -0.1) is 0 Å². The fourth-order valence-corrected chi connectivity index (χ4v) is 6.65. The lowest BCUT2D eigenvalue weighted by atomic mass is 9.87. The van der Waals surface area contributed by atoms with E-state index in [9.17, 15) is 19.8 Å². The molecule has 0 bridgehead atoms. The van der Waals surface area contributed by atoms with E-state index in [1.165, 1.54) is 0 Å². The van der Waals surface area contributed by atoms with Crippen LogP contribution in [0.1, 0.15) is 71.1 Å². The third kappa shape index (κ3) is 6.19. The first-order valence-corrected chi connectivity index (χ1v) is 14.1. The lowest BCUT2D eigenvalue weighted by Crippen LogP contribution is -2.61. The predicted molar refractivity (Wildman–Crippen MR) is 132 cm³/mol. The molecule has 5 rings (SSSR count). The van der Waals surface area contributed by atoms with Crippen LogP contribution in [0.15, 0.2) is 12.2 Å². The minimum absolute atomic E-state index is 0.00810. The van der Waals surface area contributed by atoms with E-state index in [0.717, 1.165) is 31.4 Å². The van der Waals surface area contributed by atoms with Gasteiger partial charge in [-0.1, -0.05) is 13.5 Å². The predicted octanol–water partition coefficient (Wildman–Crippen LogP) is 2.04. The molecule has 9 heteroatoms. The highest BCUT2D eigenvalue weighted by Crippen LogP contribution is 2.40. The monoisotopic (exact) mass is 522 g/mol. The molecule has 5 fully saturated rings. The standard InChI is InChI=1S/C28H42O9/c1-3-21-15(2)10-19(34-21)5-4-17(29)13-23-24(31)27-28(37-23)25(32)26-22(36-27)7-6-20(35-26)12-18(30)11-16-8-9-33-14-16/h16,19-28,31-32H,2-14H2,1H3/t16-,19-,20+,21-,22-,23+,24-,25-,26-,27?,28-/m0/s1. The van der Waals surface area contributed by atoms with E-state index in [1.807, 2.05) is 0 Å². The van der Waals surface area contributed by atoms with Gasteiger partial charge in [-0.05, 0) is 50.0 Å². The van der Waals surface area contributed by atoms with Gasteiger partial charge in [0, 0.05) is 38.9 Å². The molecule has 5 aliphatic rings. The van der Waals surface area contributed by atoms with Gasteiger partial charge in [0.1, 0.15) is 42.1 Å². The number of carbonyl (C=O) groups excluding carboxylic acids is 2. The van der Waals surface area contributed by atoms with Crippen LogP contribution in [-0.4, -0.2) is 96.0 Å². The molecule has 0 aromatic carbocycles. The van der Waals surface area contributed by atoms with Crippen molar-refractivity contribution in [3.8, 4) is 0 Å². The molecular formula is C28H42O9. The largest absolute Gasteiger partial charge is 0.388 e. The second kappa shape index (κ2) is 11.9. The zero-order chi connectivity index (χ0) is 26.1. The summed E-state index contributed by atoms with van der Waals surface area (Å²) in [5, 5.41) is 22.0. The Bertz CT molecular complexity index is 840. The van der Waals surface area contributed by atoms with Crippen LogP contribution in [0.2, 0.25) is 0 Å². The maximum Gasteiger partial charge on any atom is 0.135 e. The summed E-state index contributed by atoms with van der Waals surface area (Å²) in [6.45, 7) is 7.49. The highest BCUT2D eigenvalue weighted by atomic mass is 16.6. The van der Waals surface area contributed by atoms with Gasteiger partial charge in [0.25, 0.3) is 0 Å². The topological polar surface area (TPSA) is 121 Å². The van der Waals surface area contributed by atoms with E-state index in [4.69, 9.17) is 23.7 Å². The second-order valence-corrected chi connectivity index (χ2v) is 11.5. The number of hydrogen-bond donors (Lipinski definition) is 2. The maximum atomic E-state index is 12.7. The normalized spacial score (nSPS) is 43.5. The molecule has 0 aliphatic carbocycles. The van der Waals surface area contributed by atoms with Crippen LogP contribution in [0.25, 0.3) is 0 Å². The first kappa shape index (κ1) is 27.4. The smallest absolute Gasteiger partial charge is 0.135 e. The number of carbonyl (C=O) groups is 2. The molecule has 9 nitrogen and oxygen atoms in total. The first-order valence-electron chi connectivity index (χ1n) is 14.1. The summed E-state index contributed by atoms with van der Waals surface area (Å²) in [6.07, 6.45) is 0.348. The third-order valence-electron chi connectivity index (χ3n) is 8.71. The van der Waals surface area contributed by atoms with Crippen molar-refractivity contribution in [2.75, 3.05) is 13.2 Å². The van der Waals surface area contributed by atoms with Crippen molar-refractivity contribution in [3.63, 3.8) is 0 Å². The van der Waals surface area contributed by atoms with Crippen LogP contribution in [-0.2, 0) is 33.3 Å². The average Bonchev–Trinajstić information content (AvgIpc) is 3.59. The van der Waals surface area contributed by atoms with Gasteiger partial charge in [0.2, 0.25) is 0 Å². The van der Waals surface area contributed by atoms with E-state index < -0.39 is 36.6 Å². The lowest BCUT2D eigenvalue weighted by molar-refractivity contribution is -0.259. The Balaban J connectivity index is 1.10. The molecule has 5 saturated heterocycles. The second-order valence-electron chi connectivity index (χ2n) is 11.5. The molecule has 0 saturated carbocycles. The Morgan fingerprint density at radius 2 is 1.70 bits per heavy atom. The fourth-order valence-electron chi connectivity index (χ4n) is 6.65. The highest BCUT2D eigenvalue weighted by molar-refractivity contribution is 5.79. The number of rotatable bonds is 10. The Morgan fingerprint density at radius 1 is 0.892 bits per heavy atom. The summed E-state index contributed by atoms with van der Waals surface area (Å²) in [7, 11) is 0. The van der Waals surface area contributed by atoms with Crippen molar-refractivity contribution < 1.29 is 43.5 Å². The lowest BCUT2D eigenvalue weighted by Gasteiger charge is -2.46. The minimum Gasteiger partial charge on any atom is -0.388 e. The number of fused-ring (bicyclic) bond motifs is 2. The number of aliphatic hydroxyl groups excluding tert-OH is 2. The van der Waals surface area contributed by atoms with Crippen molar-refractivity contribution in [1.29, 1.82) is 0 Å². The summed E-state index contributed by atoms with van der Waals surface area (Å²) in [5.41, 5.74) is 1.09. The van der Waals surface area contributed by atoms with Gasteiger partial charge in [0.15, 0.2) is 0 Å². The Morgan fingerprint density at radius 3 is 2.43 bits per heavy atom. The van der Waals surface area contributed by atoms with Crippen molar-refractivity contribution in [3.05, 3.63) is 12.2 Å². The molecule has 37 heavy (non-hydrogen) atoms. The van der Waals surface area contributed by atoms with Crippen LogP contribution in [0.4, 0.5) is 0 Å². The molecule has 11 atom stereocenters. The molecule has 0 spiro atoms. The van der Waals surface area contributed by atoms with Crippen LogP contribution < -0.4 is 0 Å². The quantitative estimate of drug-likeness (QED) is 0.415. The summed E-state index contributed by atoms with van der Waals surface area (Å²) in [6, 6.07) is 0. The average molecular weight is 523 g/mol. The van der Waals surface area contributed by atoms with Crippen LogP contribution >= 0.6 is 0 Å². The zero-order valence-electron chi connectivity index (χ0n) is 21.8. The maximum absolute atomic E-state index is 12.7. The molecule has 0 radical (unpaired) electrons.